The minimum absolute atomic E-state index is 0.0304. The van der Waals surface area contributed by atoms with E-state index in [1.54, 1.807) is 0 Å². The quantitative estimate of drug-likeness (QED) is 0.483. The summed E-state index contributed by atoms with van der Waals surface area (Å²) in [6.45, 7) is 1.74. The molecule has 1 unspecified atom stereocenters. The maximum Gasteiger partial charge on any atom is 0.166 e. The zero-order chi connectivity index (χ0) is 20.9. The van der Waals surface area contributed by atoms with Crippen LogP contribution in [0.2, 0.25) is 0 Å². The minimum Gasteiger partial charge on any atom is -0.494 e. The Labute approximate surface area is 179 Å². The van der Waals surface area contributed by atoms with Crippen molar-refractivity contribution in [1.82, 2.24) is 4.90 Å². The van der Waals surface area contributed by atoms with Gasteiger partial charge in [0.05, 0.1) is 6.61 Å². The Morgan fingerprint density at radius 1 is 0.900 bits per heavy atom. The van der Waals surface area contributed by atoms with E-state index in [9.17, 15) is 4.79 Å². The minimum atomic E-state index is 0.0304. The highest BCUT2D eigenvalue weighted by Gasteiger charge is 2.30. The molecule has 30 heavy (non-hydrogen) atoms. The maximum atomic E-state index is 12.8. The summed E-state index contributed by atoms with van der Waals surface area (Å²) in [6, 6.07) is 24.8. The molecule has 1 atom stereocenters. The van der Waals surface area contributed by atoms with Crippen molar-refractivity contribution in [1.29, 1.82) is 0 Å². The zero-order valence-electron chi connectivity index (χ0n) is 17.8. The molecule has 3 aromatic carbocycles. The first-order valence-electron chi connectivity index (χ1n) is 10.7. The molecule has 0 saturated carbocycles. The Bertz CT molecular complexity index is 1010. The molecule has 1 aliphatic carbocycles. The first-order valence-corrected chi connectivity index (χ1v) is 10.7. The summed E-state index contributed by atoms with van der Waals surface area (Å²) in [4.78, 5) is 15.0. The van der Waals surface area contributed by atoms with Gasteiger partial charge in [-0.15, -0.1) is 0 Å². The van der Waals surface area contributed by atoms with E-state index < -0.39 is 0 Å². The molecule has 0 N–H and O–H groups in total. The molecule has 0 saturated heterocycles. The van der Waals surface area contributed by atoms with Gasteiger partial charge in [-0.25, -0.2) is 0 Å². The number of Topliss-reactive ketones (excluding diaryl/α,β-unsaturated/α-hetero) is 1. The average Bonchev–Trinajstić information content (AvgIpc) is 3.08. The van der Waals surface area contributed by atoms with Gasteiger partial charge < -0.3 is 9.64 Å². The number of carbonyl (C=O) groups is 1. The standard InChI is InChI=1S/C27H29NO2/c1-28(2)16-7-17-30-24-14-12-20(13-15-24)25-10-5-3-8-21(25)18-23-19-22-9-4-6-11-26(22)27(23)29/h3-6,8-15,23H,7,16-19H2,1-2H3. The zero-order valence-corrected chi connectivity index (χ0v) is 17.8. The number of ether oxygens (including phenoxy) is 1. The maximum absolute atomic E-state index is 12.8. The Balaban J connectivity index is 1.45. The van der Waals surface area contributed by atoms with Crippen molar-refractivity contribution < 1.29 is 9.53 Å². The van der Waals surface area contributed by atoms with Crippen molar-refractivity contribution in [3.05, 3.63) is 89.5 Å². The highest BCUT2D eigenvalue weighted by molar-refractivity contribution is 6.02. The molecule has 0 radical (unpaired) electrons. The lowest BCUT2D eigenvalue weighted by Crippen LogP contribution is -2.15. The molecule has 3 aromatic rings. The second kappa shape index (κ2) is 9.27. The van der Waals surface area contributed by atoms with Crippen molar-refractivity contribution in [2.24, 2.45) is 5.92 Å². The summed E-state index contributed by atoms with van der Waals surface area (Å²) in [5.41, 5.74) is 5.66. The molecule has 1 aliphatic rings. The predicted molar refractivity (Wildman–Crippen MR) is 122 cm³/mol. The number of rotatable bonds is 8. The largest absolute Gasteiger partial charge is 0.494 e. The SMILES string of the molecule is CN(C)CCCOc1ccc(-c2ccccc2CC2Cc3ccccc3C2=O)cc1. The summed E-state index contributed by atoms with van der Waals surface area (Å²) in [5, 5.41) is 0. The number of hydrogen-bond acceptors (Lipinski definition) is 3. The van der Waals surface area contributed by atoms with Gasteiger partial charge in [-0.05, 0) is 67.7 Å². The molecular weight excluding hydrogens is 370 g/mol. The van der Waals surface area contributed by atoms with E-state index in [0.29, 0.717) is 0 Å². The second-order valence-corrected chi connectivity index (χ2v) is 8.31. The van der Waals surface area contributed by atoms with Crippen LogP contribution < -0.4 is 4.74 Å². The lowest BCUT2D eigenvalue weighted by molar-refractivity contribution is 0.0936. The molecular formula is C27H29NO2. The smallest absolute Gasteiger partial charge is 0.166 e. The van der Waals surface area contributed by atoms with Gasteiger partial charge in [0.15, 0.2) is 5.78 Å². The topological polar surface area (TPSA) is 29.5 Å². The van der Waals surface area contributed by atoms with E-state index in [1.807, 2.05) is 30.3 Å². The van der Waals surface area contributed by atoms with Gasteiger partial charge in [0.2, 0.25) is 0 Å². The highest BCUT2D eigenvalue weighted by Crippen LogP contribution is 2.33. The van der Waals surface area contributed by atoms with Gasteiger partial charge in [0.25, 0.3) is 0 Å². The summed E-state index contributed by atoms with van der Waals surface area (Å²) in [5.74, 6) is 1.21. The Morgan fingerprint density at radius 3 is 2.33 bits per heavy atom. The van der Waals surface area contributed by atoms with E-state index in [-0.39, 0.29) is 11.7 Å². The van der Waals surface area contributed by atoms with Crippen LogP contribution >= 0.6 is 0 Å². The van der Waals surface area contributed by atoms with Crippen molar-refractivity contribution in [3.63, 3.8) is 0 Å². The number of nitrogens with zero attached hydrogens (tertiary/aromatic N) is 1. The summed E-state index contributed by atoms with van der Waals surface area (Å²) in [7, 11) is 4.15. The van der Waals surface area contributed by atoms with Crippen LogP contribution in [0.3, 0.4) is 0 Å². The lowest BCUT2D eigenvalue weighted by Gasteiger charge is -2.14. The van der Waals surface area contributed by atoms with Crippen LogP contribution in [0.25, 0.3) is 11.1 Å². The van der Waals surface area contributed by atoms with Crippen LogP contribution in [0.15, 0.2) is 72.8 Å². The molecule has 154 valence electrons. The third kappa shape index (κ3) is 4.63. The van der Waals surface area contributed by atoms with Gasteiger partial charge in [-0.3, -0.25) is 4.79 Å². The first-order chi connectivity index (χ1) is 14.6. The number of fused-ring (bicyclic) bond motifs is 1. The fourth-order valence-electron chi connectivity index (χ4n) is 4.23. The molecule has 0 bridgehead atoms. The Hall–Kier alpha value is -2.91. The molecule has 3 heteroatoms. The first kappa shape index (κ1) is 20.4. The van der Waals surface area contributed by atoms with Crippen molar-refractivity contribution in [2.75, 3.05) is 27.2 Å². The van der Waals surface area contributed by atoms with Crippen molar-refractivity contribution in [2.45, 2.75) is 19.3 Å². The third-order valence-corrected chi connectivity index (χ3v) is 5.79. The van der Waals surface area contributed by atoms with E-state index >= 15 is 0 Å². The molecule has 0 aliphatic heterocycles. The van der Waals surface area contributed by atoms with Crippen LogP contribution in [0, 0.1) is 5.92 Å². The number of benzene rings is 3. The van der Waals surface area contributed by atoms with Crippen molar-refractivity contribution in [3.8, 4) is 16.9 Å². The molecule has 0 aromatic heterocycles. The van der Waals surface area contributed by atoms with Gasteiger partial charge in [-0.1, -0.05) is 60.7 Å². The van der Waals surface area contributed by atoms with Crippen LogP contribution in [-0.4, -0.2) is 37.9 Å². The van der Waals surface area contributed by atoms with Crippen molar-refractivity contribution >= 4 is 5.78 Å². The molecule has 0 fully saturated rings. The molecule has 4 rings (SSSR count). The van der Waals surface area contributed by atoms with E-state index in [2.05, 4.69) is 61.5 Å². The third-order valence-electron chi connectivity index (χ3n) is 5.79. The highest BCUT2D eigenvalue weighted by atomic mass is 16.5. The summed E-state index contributed by atoms with van der Waals surface area (Å²) in [6.07, 6.45) is 2.62. The Kier molecular flexibility index (Phi) is 6.29. The predicted octanol–water partition coefficient (Wildman–Crippen LogP) is 5.28. The van der Waals surface area contributed by atoms with Gasteiger partial charge in [0, 0.05) is 18.0 Å². The molecule has 0 heterocycles. The molecule has 0 amide bonds. The van der Waals surface area contributed by atoms with Crippen LogP contribution in [0.5, 0.6) is 5.75 Å². The molecule has 0 spiro atoms. The van der Waals surface area contributed by atoms with Gasteiger partial charge in [-0.2, -0.15) is 0 Å². The Morgan fingerprint density at radius 2 is 1.60 bits per heavy atom. The normalized spacial score (nSPS) is 15.4. The monoisotopic (exact) mass is 399 g/mol. The number of hydrogen-bond donors (Lipinski definition) is 0. The van der Waals surface area contributed by atoms with Crippen LogP contribution in [0.1, 0.15) is 27.9 Å². The van der Waals surface area contributed by atoms with Crippen LogP contribution in [0.4, 0.5) is 0 Å². The summed E-state index contributed by atoms with van der Waals surface area (Å²) < 4.78 is 5.86. The summed E-state index contributed by atoms with van der Waals surface area (Å²) >= 11 is 0. The van der Waals surface area contributed by atoms with E-state index in [1.165, 1.54) is 16.7 Å². The fraction of sp³-hybridized carbons (Fsp3) is 0.296. The molecule has 3 nitrogen and oxygen atoms in total. The van der Waals surface area contributed by atoms with Crippen LogP contribution in [-0.2, 0) is 12.8 Å². The van der Waals surface area contributed by atoms with Gasteiger partial charge >= 0.3 is 0 Å². The number of carbonyl (C=O) groups excluding carboxylic acids is 1. The fourth-order valence-corrected chi connectivity index (χ4v) is 4.23. The number of ketones is 1. The second-order valence-electron chi connectivity index (χ2n) is 8.31. The van der Waals surface area contributed by atoms with E-state index in [0.717, 1.165) is 49.3 Å². The van der Waals surface area contributed by atoms with E-state index in [4.69, 9.17) is 4.74 Å². The average molecular weight is 400 g/mol. The van der Waals surface area contributed by atoms with Gasteiger partial charge in [0.1, 0.15) is 5.75 Å². The lowest BCUT2D eigenvalue weighted by atomic mass is 9.90.